The maximum atomic E-state index is 12.1. The average molecular weight is 293 g/mol. The number of halogens is 1. The van der Waals surface area contributed by atoms with E-state index in [0.717, 1.165) is 31.4 Å². The van der Waals surface area contributed by atoms with Crippen molar-refractivity contribution >= 4 is 30.1 Å². The summed E-state index contributed by atoms with van der Waals surface area (Å²) in [7, 11) is 0. The van der Waals surface area contributed by atoms with Crippen LogP contribution < -0.4 is 11.1 Å². The largest absolute Gasteiger partial charge is 0.352 e. The van der Waals surface area contributed by atoms with Crippen LogP contribution in [-0.2, 0) is 4.79 Å². The minimum Gasteiger partial charge on any atom is -0.352 e. The molecule has 1 amide bonds. The van der Waals surface area contributed by atoms with Crippen LogP contribution in [0.25, 0.3) is 0 Å². The summed E-state index contributed by atoms with van der Waals surface area (Å²) in [4.78, 5) is 12.1. The van der Waals surface area contributed by atoms with Crippen LogP contribution in [0, 0.1) is 5.92 Å². The molecule has 2 fully saturated rings. The van der Waals surface area contributed by atoms with Crippen molar-refractivity contribution in [1.29, 1.82) is 0 Å². The van der Waals surface area contributed by atoms with E-state index >= 15 is 0 Å². The number of hydrogen-bond donors (Lipinski definition) is 2. The van der Waals surface area contributed by atoms with Gasteiger partial charge in [-0.1, -0.05) is 13.3 Å². The van der Waals surface area contributed by atoms with E-state index in [1.54, 1.807) is 0 Å². The molecule has 0 bridgehead atoms. The van der Waals surface area contributed by atoms with Gasteiger partial charge in [0.25, 0.3) is 0 Å². The Hall–Kier alpha value is 0.0700. The summed E-state index contributed by atoms with van der Waals surface area (Å²) in [5.74, 6) is 1.58. The molecule has 2 aliphatic carbocycles. The molecule has 106 valence electrons. The van der Waals surface area contributed by atoms with Gasteiger partial charge in [0.05, 0.1) is 0 Å². The van der Waals surface area contributed by atoms with Crippen molar-refractivity contribution in [2.75, 3.05) is 5.75 Å². The lowest BCUT2D eigenvalue weighted by molar-refractivity contribution is -0.125. The van der Waals surface area contributed by atoms with Crippen molar-refractivity contribution in [2.24, 2.45) is 11.7 Å². The number of thioether (sulfide) groups is 1. The molecule has 0 aromatic carbocycles. The Balaban J connectivity index is 0.00000162. The molecular weight excluding hydrogens is 268 g/mol. The average Bonchev–Trinajstić information content (AvgIpc) is 2.89. The molecule has 3 N–H and O–H groups in total. The van der Waals surface area contributed by atoms with E-state index in [4.69, 9.17) is 5.73 Å². The van der Waals surface area contributed by atoms with E-state index in [2.05, 4.69) is 12.2 Å². The quantitative estimate of drug-likeness (QED) is 0.836. The second-order valence-corrected chi connectivity index (χ2v) is 6.83. The summed E-state index contributed by atoms with van der Waals surface area (Å²) in [5.41, 5.74) is 5.86. The topological polar surface area (TPSA) is 55.1 Å². The zero-order valence-electron chi connectivity index (χ0n) is 11.1. The summed E-state index contributed by atoms with van der Waals surface area (Å²) in [6.07, 6.45) is 6.54. The molecular formula is C13H25ClN2OS. The second-order valence-electron chi connectivity index (χ2n) is 5.31. The number of nitrogens with one attached hydrogen (secondary N) is 1. The third kappa shape index (κ3) is 4.04. The SMILES string of the molecule is CCSC1CCCC1NC(=O)C1CCC(N)C1.Cl. The fraction of sp³-hybridized carbons (Fsp3) is 0.923. The van der Waals surface area contributed by atoms with Crippen molar-refractivity contribution in [1.82, 2.24) is 5.32 Å². The van der Waals surface area contributed by atoms with Crippen molar-refractivity contribution in [3.63, 3.8) is 0 Å². The van der Waals surface area contributed by atoms with Crippen LogP contribution in [0.1, 0.15) is 45.4 Å². The number of carbonyl (C=O) groups is 1. The van der Waals surface area contributed by atoms with E-state index in [1.807, 2.05) is 11.8 Å². The molecule has 0 aromatic heterocycles. The molecule has 0 spiro atoms. The summed E-state index contributed by atoms with van der Waals surface area (Å²) in [6.45, 7) is 2.19. The zero-order chi connectivity index (χ0) is 12.3. The van der Waals surface area contributed by atoms with Crippen LogP contribution in [0.2, 0.25) is 0 Å². The van der Waals surface area contributed by atoms with E-state index in [1.165, 1.54) is 12.8 Å². The Morgan fingerprint density at radius 1 is 1.33 bits per heavy atom. The van der Waals surface area contributed by atoms with E-state index in [9.17, 15) is 4.79 Å². The zero-order valence-corrected chi connectivity index (χ0v) is 12.7. The molecule has 0 aliphatic heterocycles. The summed E-state index contributed by atoms with van der Waals surface area (Å²) >= 11 is 1.99. The Bertz CT molecular complexity index is 278. The molecule has 0 aromatic rings. The molecule has 2 rings (SSSR count). The van der Waals surface area contributed by atoms with E-state index < -0.39 is 0 Å². The first-order valence-corrected chi connectivity index (χ1v) is 7.93. The first-order valence-electron chi connectivity index (χ1n) is 6.88. The highest BCUT2D eigenvalue weighted by atomic mass is 35.5. The van der Waals surface area contributed by atoms with Crippen molar-refractivity contribution in [3.05, 3.63) is 0 Å². The van der Waals surface area contributed by atoms with Gasteiger partial charge in [0, 0.05) is 23.3 Å². The van der Waals surface area contributed by atoms with Crippen LogP contribution in [0.5, 0.6) is 0 Å². The Labute approximate surface area is 120 Å². The molecule has 2 aliphatic rings. The van der Waals surface area contributed by atoms with Crippen LogP contribution in [0.4, 0.5) is 0 Å². The fourth-order valence-corrected chi connectivity index (χ4v) is 4.26. The second kappa shape index (κ2) is 7.61. The number of amides is 1. The van der Waals surface area contributed by atoms with Gasteiger partial charge in [-0.3, -0.25) is 4.79 Å². The van der Waals surface area contributed by atoms with Gasteiger partial charge in [-0.15, -0.1) is 12.4 Å². The number of carbonyl (C=O) groups excluding carboxylic acids is 1. The Kier molecular flexibility index (Phi) is 6.82. The van der Waals surface area contributed by atoms with E-state index in [-0.39, 0.29) is 30.3 Å². The molecule has 2 saturated carbocycles. The predicted molar refractivity (Wildman–Crippen MR) is 80.3 cm³/mol. The van der Waals surface area contributed by atoms with Gasteiger partial charge < -0.3 is 11.1 Å². The molecule has 4 unspecified atom stereocenters. The standard InChI is InChI=1S/C13H24N2OS.ClH/c1-2-17-12-5-3-4-11(12)15-13(16)9-6-7-10(14)8-9;/h9-12H,2-8,14H2,1H3,(H,15,16);1H. The number of nitrogens with two attached hydrogens (primary N) is 1. The first-order chi connectivity index (χ1) is 8.20. The maximum Gasteiger partial charge on any atom is 0.223 e. The minimum absolute atomic E-state index is 0. The van der Waals surface area contributed by atoms with Crippen molar-refractivity contribution in [2.45, 2.75) is 62.8 Å². The monoisotopic (exact) mass is 292 g/mol. The highest BCUT2D eigenvalue weighted by Gasteiger charge is 2.33. The van der Waals surface area contributed by atoms with Gasteiger partial charge in [-0.25, -0.2) is 0 Å². The predicted octanol–water partition coefficient (Wildman–Crippen LogP) is 2.33. The van der Waals surface area contributed by atoms with Crippen LogP contribution in [0.3, 0.4) is 0 Å². The van der Waals surface area contributed by atoms with E-state index in [0.29, 0.717) is 11.3 Å². The normalized spacial score (nSPS) is 35.2. The first kappa shape index (κ1) is 16.1. The van der Waals surface area contributed by atoms with Gasteiger partial charge >= 0.3 is 0 Å². The Morgan fingerprint density at radius 2 is 2.11 bits per heavy atom. The van der Waals surface area contributed by atoms with Crippen LogP contribution in [-0.4, -0.2) is 29.0 Å². The lowest BCUT2D eigenvalue weighted by atomic mass is 10.1. The van der Waals surface area contributed by atoms with Gasteiger partial charge in [0.15, 0.2) is 0 Å². The molecule has 4 atom stereocenters. The molecule has 5 heteroatoms. The van der Waals surface area contributed by atoms with Crippen LogP contribution >= 0.6 is 24.2 Å². The van der Waals surface area contributed by atoms with Gasteiger partial charge in [0.1, 0.15) is 0 Å². The molecule has 0 heterocycles. The lowest BCUT2D eigenvalue weighted by Gasteiger charge is -2.22. The number of hydrogen-bond acceptors (Lipinski definition) is 3. The van der Waals surface area contributed by atoms with Gasteiger partial charge in [-0.2, -0.15) is 11.8 Å². The maximum absolute atomic E-state index is 12.1. The number of rotatable bonds is 4. The minimum atomic E-state index is 0. The summed E-state index contributed by atoms with van der Waals surface area (Å²) < 4.78 is 0. The molecule has 0 saturated heterocycles. The smallest absolute Gasteiger partial charge is 0.223 e. The van der Waals surface area contributed by atoms with Crippen molar-refractivity contribution < 1.29 is 4.79 Å². The van der Waals surface area contributed by atoms with Gasteiger partial charge in [0.2, 0.25) is 5.91 Å². The third-order valence-electron chi connectivity index (χ3n) is 4.00. The van der Waals surface area contributed by atoms with Gasteiger partial charge in [-0.05, 0) is 37.9 Å². The summed E-state index contributed by atoms with van der Waals surface area (Å²) in [5, 5.41) is 3.90. The molecule has 0 radical (unpaired) electrons. The van der Waals surface area contributed by atoms with Crippen molar-refractivity contribution in [3.8, 4) is 0 Å². The Morgan fingerprint density at radius 3 is 2.72 bits per heavy atom. The summed E-state index contributed by atoms with van der Waals surface area (Å²) in [6, 6.07) is 0.652. The molecule has 18 heavy (non-hydrogen) atoms. The highest BCUT2D eigenvalue weighted by Crippen LogP contribution is 2.31. The lowest BCUT2D eigenvalue weighted by Crippen LogP contribution is -2.41. The highest BCUT2D eigenvalue weighted by molar-refractivity contribution is 7.99. The molecule has 3 nitrogen and oxygen atoms in total. The van der Waals surface area contributed by atoms with Crippen LogP contribution in [0.15, 0.2) is 0 Å². The third-order valence-corrected chi connectivity index (χ3v) is 5.33. The fourth-order valence-electron chi connectivity index (χ4n) is 3.06.